The molecule has 8 nitrogen and oxygen atoms in total. The number of hydrogen-bond donors (Lipinski definition) is 2. The molecule has 4 rings (SSSR count). The maximum Gasteiger partial charge on any atom is 0.232 e. The lowest BCUT2D eigenvalue weighted by molar-refractivity contribution is 0.415. The second-order valence-electron chi connectivity index (χ2n) is 5.61. The van der Waals surface area contributed by atoms with E-state index in [1.807, 2.05) is 48.5 Å². The number of oxazole rings is 1. The van der Waals surface area contributed by atoms with E-state index < -0.39 is 0 Å². The average molecular weight is 360 g/mol. The van der Waals surface area contributed by atoms with Gasteiger partial charge in [0.15, 0.2) is 18.0 Å². The first-order valence-electron chi connectivity index (χ1n) is 8.14. The van der Waals surface area contributed by atoms with Gasteiger partial charge in [-0.2, -0.15) is 15.0 Å². The normalized spacial score (nSPS) is 10.6. The Morgan fingerprint density at radius 1 is 1.04 bits per heavy atom. The van der Waals surface area contributed by atoms with Gasteiger partial charge in [0.25, 0.3) is 0 Å². The summed E-state index contributed by atoms with van der Waals surface area (Å²) in [6.45, 7) is 0. The van der Waals surface area contributed by atoms with E-state index >= 15 is 0 Å². The quantitative estimate of drug-likeness (QED) is 0.556. The number of nitrogens with one attached hydrogen (secondary N) is 1. The molecule has 0 saturated heterocycles. The smallest absolute Gasteiger partial charge is 0.232 e. The Morgan fingerprint density at radius 2 is 1.89 bits per heavy atom. The fourth-order valence-corrected chi connectivity index (χ4v) is 2.61. The molecule has 0 amide bonds. The highest BCUT2D eigenvalue weighted by Gasteiger charge is 2.12. The molecular formula is C19H16N6O2. The lowest BCUT2D eigenvalue weighted by Gasteiger charge is -2.11. The summed E-state index contributed by atoms with van der Waals surface area (Å²) in [5, 5.41) is 3.13. The first kappa shape index (κ1) is 16.5. The van der Waals surface area contributed by atoms with Crippen LogP contribution in [0, 0.1) is 0 Å². The third-order valence-corrected chi connectivity index (χ3v) is 3.84. The first-order chi connectivity index (χ1) is 13.2. The molecule has 0 unspecified atom stereocenters. The molecule has 3 N–H and O–H groups in total. The van der Waals surface area contributed by atoms with Crippen LogP contribution in [0.25, 0.3) is 22.7 Å². The van der Waals surface area contributed by atoms with Crippen LogP contribution >= 0.6 is 0 Å². The van der Waals surface area contributed by atoms with Crippen molar-refractivity contribution in [2.24, 2.45) is 0 Å². The van der Waals surface area contributed by atoms with Gasteiger partial charge in [-0.25, -0.2) is 4.98 Å². The van der Waals surface area contributed by atoms with Crippen LogP contribution in [0.5, 0.6) is 5.75 Å². The Balaban J connectivity index is 1.65. The van der Waals surface area contributed by atoms with Crippen molar-refractivity contribution < 1.29 is 9.15 Å². The zero-order chi connectivity index (χ0) is 18.6. The number of nitrogen functional groups attached to an aromatic ring is 1. The van der Waals surface area contributed by atoms with Crippen molar-refractivity contribution in [1.82, 2.24) is 19.9 Å². The number of aromatic nitrogens is 4. The molecule has 134 valence electrons. The number of hydrogen-bond acceptors (Lipinski definition) is 8. The number of anilines is 3. The zero-order valence-electron chi connectivity index (χ0n) is 14.5. The monoisotopic (exact) mass is 360 g/mol. The lowest BCUT2D eigenvalue weighted by Crippen LogP contribution is -2.05. The van der Waals surface area contributed by atoms with Crippen molar-refractivity contribution in [2.45, 2.75) is 0 Å². The third-order valence-electron chi connectivity index (χ3n) is 3.84. The zero-order valence-corrected chi connectivity index (χ0v) is 14.5. The molecule has 4 aromatic rings. The Kier molecular flexibility index (Phi) is 4.36. The van der Waals surface area contributed by atoms with Crippen molar-refractivity contribution in [2.75, 3.05) is 18.2 Å². The van der Waals surface area contributed by atoms with Gasteiger partial charge in [-0.15, -0.1) is 0 Å². The Bertz CT molecular complexity index is 1050. The second-order valence-corrected chi connectivity index (χ2v) is 5.61. The fourth-order valence-electron chi connectivity index (χ4n) is 2.61. The molecule has 0 aliphatic carbocycles. The molecule has 0 spiro atoms. The van der Waals surface area contributed by atoms with Gasteiger partial charge in [-0.3, -0.25) is 0 Å². The summed E-state index contributed by atoms with van der Waals surface area (Å²) in [6.07, 6.45) is 3.00. The van der Waals surface area contributed by atoms with Gasteiger partial charge in [0, 0.05) is 17.3 Å². The molecule has 2 aromatic carbocycles. The Hall–Kier alpha value is -3.94. The van der Waals surface area contributed by atoms with Gasteiger partial charge < -0.3 is 20.2 Å². The van der Waals surface area contributed by atoms with Gasteiger partial charge in [-0.1, -0.05) is 30.3 Å². The topological polar surface area (TPSA) is 112 Å². The number of ether oxygens (including phenoxy) is 1. The van der Waals surface area contributed by atoms with Gasteiger partial charge in [0.05, 0.1) is 18.9 Å². The number of rotatable bonds is 5. The molecule has 0 aliphatic rings. The van der Waals surface area contributed by atoms with E-state index in [2.05, 4.69) is 25.3 Å². The molecular weight excluding hydrogens is 344 g/mol. The third kappa shape index (κ3) is 3.54. The minimum absolute atomic E-state index is 0.136. The van der Waals surface area contributed by atoms with E-state index in [9.17, 15) is 0 Å². The van der Waals surface area contributed by atoms with E-state index in [1.54, 1.807) is 13.3 Å². The summed E-state index contributed by atoms with van der Waals surface area (Å²) < 4.78 is 10.8. The van der Waals surface area contributed by atoms with E-state index in [0.717, 1.165) is 16.8 Å². The minimum Gasteiger partial charge on any atom is -0.496 e. The molecule has 2 aromatic heterocycles. The predicted octanol–water partition coefficient (Wildman–Crippen LogP) is 3.53. The molecule has 2 heterocycles. The Labute approximate surface area is 155 Å². The molecule has 0 aliphatic heterocycles. The lowest BCUT2D eigenvalue weighted by atomic mass is 10.1. The summed E-state index contributed by atoms with van der Waals surface area (Å²) in [6, 6.07) is 15.1. The number of benzene rings is 2. The summed E-state index contributed by atoms with van der Waals surface area (Å²) in [5.41, 5.74) is 8.23. The van der Waals surface area contributed by atoms with E-state index in [-0.39, 0.29) is 5.95 Å². The van der Waals surface area contributed by atoms with E-state index in [4.69, 9.17) is 14.9 Å². The molecule has 0 radical (unpaired) electrons. The maximum atomic E-state index is 5.85. The molecule has 0 saturated carbocycles. The molecule has 0 bridgehead atoms. The summed E-state index contributed by atoms with van der Waals surface area (Å²) in [4.78, 5) is 16.7. The van der Waals surface area contributed by atoms with Gasteiger partial charge >= 0.3 is 0 Å². The van der Waals surface area contributed by atoms with Crippen molar-refractivity contribution in [1.29, 1.82) is 0 Å². The summed E-state index contributed by atoms with van der Waals surface area (Å²) in [7, 11) is 1.59. The van der Waals surface area contributed by atoms with Crippen LogP contribution in [0.4, 0.5) is 17.6 Å². The van der Waals surface area contributed by atoms with Crippen LogP contribution < -0.4 is 15.8 Å². The predicted molar refractivity (Wildman–Crippen MR) is 101 cm³/mol. The fraction of sp³-hybridized carbons (Fsp3) is 0.0526. The summed E-state index contributed by atoms with van der Waals surface area (Å²) in [5.74, 6) is 2.22. The second kappa shape index (κ2) is 7.12. The molecule has 0 atom stereocenters. The number of methoxy groups -OCH3 is 1. The van der Waals surface area contributed by atoms with E-state index in [0.29, 0.717) is 23.3 Å². The van der Waals surface area contributed by atoms with E-state index in [1.165, 1.54) is 6.39 Å². The molecule has 27 heavy (non-hydrogen) atoms. The summed E-state index contributed by atoms with van der Waals surface area (Å²) >= 11 is 0. The van der Waals surface area contributed by atoms with Crippen LogP contribution in [0.2, 0.25) is 0 Å². The minimum atomic E-state index is 0.136. The Morgan fingerprint density at radius 3 is 2.63 bits per heavy atom. The standard InChI is InChI=1S/C19H16N6O2/c1-26-15-9-13(7-8-14(15)16-10-21-11-27-16)22-19-24-17(23-18(20)25-19)12-5-3-2-4-6-12/h2-11H,1H3,(H3,20,22,23,24,25). The maximum absolute atomic E-state index is 5.85. The van der Waals surface area contributed by atoms with Crippen LogP contribution in [-0.2, 0) is 0 Å². The highest BCUT2D eigenvalue weighted by Crippen LogP contribution is 2.33. The average Bonchev–Trinajstić information content (AvgIpc) is 3.22. The molecule has 0 fully saturated rings. The largest absolute Gasteiger partial charge is 0.496 e. The van der Waals surface area contributed by atoms with Gasteiger partial charge in [-0.05, 0) is 12.1 Å². The highest BCUT2D eigenvalue weighted by molar-refractivity contribution is 5.71. The first-order valence-corrected chi connectivity index (χ1v) is 8.14. The number of nitrogens with zero attached hydrogens (tertiary/aromatic N) is 4. The van der Waals surface area contributed by atoms with Crippen molar-refractivity contribution in [3.05, 3.63) is 61.1 Å². The molecule has 8 heteroatoms. The van der Waals surface area contributed by atoms with Gasteiger partial charge in [0.2, 0.25) is 11.9 Å². The SMILES string of the molecule is COc1cc(Nc2nc(N)nc(-c3ccccc3)n2)ccc1-c1cnco1. The van der Waals surface area contributed by atoms with Crippen LogP contribution in [0.1, 0.15) is 0 Å². The van der Waals surface area contributed by atoms with Crippen LogP contribution in [0.3, 0.4) is 0 Å². The van der Waals surface area contributed by atoms with Crippen molar-refractivity contribution in [3.8, 4) is 28.5 Å². The van der Waals surface area contributed by atoms with Crippen molar-refractivity contribution >= 4 is 17.6 Å². The van der Waals surface area contributed by atoms with Gasteiger partial charge in [0.1, 0.15) is 5.75 Å². The highest BCUT2D eigenvalue weighted by atomic mass is 16.5. The number of nitrogens with two attached hydrogens (primary N) is 1. The van der Waals surface area contributed by atoms with Crippen LogP contribution in [0.15, 0.2) is 65.5 Å². The van der Waals surface area contributed by atoms with Crippen LogP contribution in [-0.4, -0.2) is 27.0 Å². The van der Waals surface area contributed by atoms with Crippen molar-refractivity contribution in [3.63, 3.8) is 0 Å².